The van der Waals surface area contributed by atoms with Crippen molar-refractivity contribution in [2.24, 2.45) is 10.2 Å². The first-order valence-electron chi connectivity index (χ1n) is 5.51. The number of hydrogen-bond donors (Lipinski definition) is 2. The van der Waals surface area contributed by atoms with Gasteiger partial charge in [0, 0.05) is 8.95 Å². The van der Waals surface area contributed by atoms with Crippen molar-refractivity contribution in [1.82, 2.24) is 0 Å². The molecule has 0 saturated heterocycles. The number of nitrogens with two attached hydrogens (primary N) is 1. The van der Waals surface area contributed by atoms with Gasteiger partial charge in [0.2, 0.25) is 0 Å². The van der Waals surface area contributed by atoms with Gasteiger partial charge < -0.3 is 7.16 Å². The molecular formula is C12H10Br2N3NaO3S. The maximum absolute atomic E-state index is 10.9. The van der Waals surface area contributed by atoms with Gasteiger partial charge in [-0.05, 0) is 68.3 Å². The van der Waals surface area contributed by atoms with E-state index in [0.717, 1.165) is 0 Å². The van der Waals surface area contributed by atoms with Crippen LogP contribution in [0.3, 0.4) is 0 Å². The van der Waals surface area contributed by atoms with E-state index < -0.39 is 10.1 Å². The standard InChI is InChI=1S/C12H9Br2N3O3S.Na.H/c13-10-5-8(6-11(14)12(10)15)17-16-7-1-3-9(4-2-7)21(18,19)20;;/h1-6H,15H2,(H,18,19,20);;/q;+1;-1. The minimum Gasteiger partial charge on any atom is -1.00 e. The number of benzene rings is 2. The van der Waals surface area contributed by atoms with Crippen LogP contribution in [0.1, 0.15) is 1.43 Å². The summed E-state index contributed by atoms with van der Waals surface area (Å²) in [7, 11) is -4.20. The van der Waals surface area contributed by atoms with Crippen molar-refractivity contribution in [3.8, 4) is 0 Å². The Morgan fingerprint density at radius 1 is 1.00 bits per heavy atom. The van der Waals surface area contributed by atoms with Crippen LogP contribution < -0.4 is 35.3 Å². The van der Waals surface area contributed by atoms with Crippen LogP contribution in [0.15, 0.2) is 60.5 Å². The molecule has 0 unspecified atom stereocenters. The fourth-order valence-corrected chi connectivity index (χ4v) is 3.07. The summed E-state index contributed by atoms with van der Waals surface area (Å²) in [6, 6.07) is 8.78. The Morgan fingerprint density at radius 3 is 1.91 bits per heavy atom. The zero-order valence-corrected chi connectivity index (χ0v) is 17.4. The van der Waals surface area contributed by atoms with Crippen LogP contribution in [0.25, 0.3) is 0 Å². The Kier molecular flexibility index (Phi) is 7.19. The van der Waals surface area contributed by atoms with Crippen LogP contribution in [0, 0.1) is 0 Å². The van der Waals surface area contributed by atoms with Crippen LogP contribution in [0.4, 0.5) is 17.1 Å². The van der Waals surface area contributed by atoms with Gasteiger partial charge in [-0.1, -0.05) is 0 Å². The molecule has 0 saturated carbocycles. The zero-order valence-electron chi connectivity index (χ0n) is 12.4. The number of nitrogen functional groups attached to an aromatic ring is 1. The minimum absolute atomic E-state index is 0. The van der Waals surface area contributed by atoms with Gasteiger partial charge in [-0.25, -0.2) is 0 Å². The van der Waals surface area contributed by atoms with Crippen LogP contribution in [-0.2, 0) is 10.1 Å². The van der Waals surface area contributed by atoms with Gasteiger partial charge in [0.1, 0.15) is 0 Å². The molecule has 0 amide bonds. The van der Waals surface area contributed by atoms with Crippen molar-refractivity contribution in [1.29, 1.82) is 0 Å². The number of rotatable bonds is 3. The SMILES string of the molecule is Nc1c(Br)cc(N=Nc2ccc(S(=O)(=O)O)cc2)cc1Br.[H-].[Na+]. The average Bonchev–Trinajstić information content (AvgIpc) is 2.42. The molecule has 6 nitrogen and oxygen atoms in total. The van der Waals surface area contributed by atoms with E-state index in [2.05, 4.69) is 42.1 Å². The first-order chi connectivity index (χ1) is 9.77. The second-order valence-corrected chi connectivity index (χ2v) is 7.12. The van der Waals surface area contributed by atoms with E-state index in [0.29, 0.717) is 26.0 Å². The quantitative estimate of drug-likeness (QED) is 0.315. The average molecular weight is 459 g/mol. The third kappa shape index (κ3) is 5.12. The Morgan fingerprint density at radius 2 is 1.45 bits per heavy atom. The number of nitrogens with zero attached hydrogens (tertiary/aromatic N) is 2. The molecule has 10 heteroatoms. The van der Waals surface area contributed by atoms with Gasteiger partial charge in [-0.2, -0.15) is 18.6 Å². The van der Waals surface area contributed by atoms with E-state index in [1.807, 2.05) is 0 Å². The largest absolute Gasteiger partial charge is 1.00 e. The number of hydrogen-bond acceptors (Lipinski definition) is 5. The summed E-state index contributed by atoms with van der Waals surface area (Å²) < 4.78 is 32.1. The zero-order chi connectivity index (χ0) is 15.6. The van der Waals surface area contributed by atoms with Crippen LogP contribution >= 0.6 is 31.9 Å². The number of anilines is 1. The van der Waals surface area contributed by atoms with Crippen molar-refractivity contribution in [3.05, 3.63) is 45.3 Å². The molecule has 0 spiro atoms. The maximum Gasteiger partial charge on any atom is 1.00 e. The Bertz CT molecular complexity index is 794. The predicted molar refractivity (Wildman–Crippen MR) is 87.8 cm³/mol. The molecule has 0 aliphatic heterocycles. The summed E-state index contributed by atoms with van der Waals surface area (Å²) in [5.41, 5.74) is 7.35. The molecule has 22 heavy (non-hydrogen) atoms. The first-order valence-corrected chi connectivity index (χ1v) is 8.54. The maximum atomic E-state index is 10.9. The molecule has 0 aromatic heterocycles. The fourth-order valence-electron chi connectivity index (χ4n) is 1.43. The molecule has 112 valence electrons. The third-order valence-electron chi connectivity index (χ3n) is 2.48. The van der Waals surface area contributed by atoms with Gasteiger partial charge in [-0.3, -0.25) is 4.55 Å². The molecule has 2 aromatic rings. The summed E-state index contributed by atoms with van der Waals surface area (Å²) >= 11 is 6.61. The topological polar surface area (TPSA) is 105 Å². The van der Waals surface area contributed by atoms with Gasteiger partial charge in [0.15, 0.2) is 0 Å². The molecular weight excluding hydrogens is 449 g/mol. The van der Waals surface area contributed by atoms with Crippen molar-refractivity contribution in [3.63, 3.8) is 0 Å². The fraction of sp³-hybridized carbons (Fsp3) is 0. The van der Waals surface area contributed by atoms with E-state index in [1.165, 1.54) is 24.3 Å². The van der Waals surface area contributed by atoms with Crippen molar-refractivity contribution in [2.45, 2.75) is 4.90 Å². The molecule has 0 radical (unpaired) electrons. The summed E-state index contributed by atoms with van der Waals surface area (Å²) in [4.78, 5) is -0.195. The van der Waals surface area contributed by atoms with Crippen LogP contribution in [-0.4, -0.2) is 13.0 Å². The smallest absolute Gasteiger partial charge is 1.00 e. The summed E-state index contributed by atoms with van der Waals surface area (Å²) in [6.07, 6.45) is 0. The van der Waals surface area contributed by atoms with Crippen LogP contribution in [0.2, 0.25) is 0 Å². The van der Waals surface area contributed by atoms with E-state index in [1.54, 1.807) is 12.1 Å². The monoisotopic (exact) mass is 457 g/mol. The van der Waals surface area contributed by atoms with Gasteiger partial charge >= 0.3 is 29.6 Å². The molecule has 0 heterocycles. The molecule has 0 fully saturated rings. The second kappa shape index (κ2) is 8.00. The molecule has 3 N–H and O–H groups in total. The third-order valence-corrected chi connectivity index (χ3v) is 4.66. The molecule has 0 aliphatic rings. The number of halogens is 2. The van der Waals surface area contributed by atoms with E-state index >= 15 is 0 Å². The van der Waals surface area contributed by atoms with E-state index in [-0.39, 0.29) is 35.9 Å². The van der Waals surface area contributed by atoms with E-state index in [9.17, 15) is 8.42 Å². The summed E-state index contributed by atoms with van der Waals surface area (Å²) in [5, 5.41) is 8.01. The molecule has 0 aliphatic carbocycles. The normalized spacial score (nSPS) is 11.4. The van der Waals surface area contributed by atoms with Gasteiger partial charge in [0.05, 0.1) is 22.0 Å². The first kappa shape index (κ1) is 19.8. The van der Waals surface area contributed by atoms with Crippen molar-refractivity contribution >= 4 is 59.0 Å². The molecule has 2 aromatic carbocycles. The molecule has 2 rings (SSSR count). The Labute approximate surface area is 168 Å². The van der Waals surface area contributed by atoms with E-state index in [4.69, 9.17) is 10.3 Å². The van der Waals surface area contributed by atoms with Crippen LogP contribution in [0.5, 0.6) is 0 Å². The minimum atomic E-state index is -4.20. The summed E-state index contributed by atoms with van der Waals surface area (Å²) in [6.45, 7) is 0. The van der Waals surface area contributed by atoms with Gasteiger partial charge in [-0.15, -0.1) is 0 Å². The Balaban J connectivity index is 0.00000242. The molecule has 0 bridgehead atoms. The van der Waals surface area contributed by atoms with Gasteiger partial charge in [0.25, 0.3) is 10.1 Å². The van der Waals surface area contributed by atoms with Crippen molar-refractivity contribution in [2.75, 3.05) is 5.73 Å². The Hall–Kier alpha value is -0.290. The summed E-state index contributed by atoms with van der Waals surface area (Å²) in [5.74, 6) is 0. The molecule has 0 atom stereocenters. The second-order valence-electron chi connectivity index (χ2n) is 3.99. The predicted octanol–water partition coefficient (Wildman–Crippen LogP) is 1.57. The number of azo groups is 1. The van der Waals surface area contributed by atoms with Crippen molar-refractivity contribution < 1.29 is 44.0 Å².